The molecule has 0 saturated heterocycles. The van der Waals surface area contributed by atoms with Gasteiger partial charge in [0.25, 0.3) is 0 Å². The highest BCUT2D eigenvalue weighted by Gasteiger charge is 2.11. The minimum absolute atomic E-state index is 0.134. The third-order valence-corrected chi connectivity index (χ3v) is 2.10. The largest absolute Gasteiger partial charge is 0.468 e. The van der Waals surface area contributed by atoms with Gasteiger partial charge in [-0.15, -0.1) is 0 Å². The van der Waals surface area contributed by atoms with Crippen LogP contribution in [0.1, 0.15) is 12.6 Å². The number of carbonyl (C=O) groups is 1. The number of methoxy groups -OCH3 is 1. The number of carbonyl (C=O) groups excluding carboxylic acids is 1. The Hall–Kier alpha value is -2.09. The quantitative estimate of drug-likeness (QED) is 0.705. The summed E-state index contributed by atoms with van der Waals surface area (Å²) in [4.78, 5) is 17.0. The number of esters is 1. The van der Waals surface area contributed by atoms with E-state index < -0.39 is 0 Å². The number of anilines is 1. The fraction of sp³-hybridized carbons (Fsp3) is 0.364. The SMILES string of the molecule is CCN(CC(=O)OC)c1cccc(C#N)n1. The first-order chi connectivity index (χ1) is 7.71. The minimum atomic E-state index is -0.328. The number of hydrogen-bond donors (Lipinski definition) is 0. The first-order valence-electron chi connectivity index (χ1n) is 4.90. The molecule has 0 bridgehead atoms. The van der Waals surface area contributed by atoms with Crippen LogP contribution in [0.3, 0.4) is 0 Å². The standard InChI is InChI=1S/C11H13N3O2/c1-3-14(8-11(15)16-2)10-6-4-5-9(7-12)13-10/h4-6H,3,8H2,1-2H3. The highest BCUT2D eigenvalue weighted by Crippen LogP contribution is 2.10. The van der Waals surface area contributed by atoms with E-state index in [4.69, 9.17) is 5.26 Å². The fourth-order valence-electron chi connectivity index (χ4n) is 1.24. The lowest BCUT2D eigenvalue weighted by Gasteiger charge is -2.20. The number of pyridine rings is 1. The van der Waals surface area contributed by atoms with Crippen molar-refractivity contribution in [1.29, 1.82) is 5.26 Å². The molecule has 0 atom stereocenters. The number of nitrogens with zero attached hydrogens (tertiary/aromatic N) is 3. The van der Waals surface area contributed by atoms with Gasteiger partial charge in [-0.05, 0) is 19.1 Å². The summed E-state index contributed by atoms with van der Waals surface area (Å²) < 4.78 is 4.59. The predicted octanol–water partition coefficient (Wildman–Crippen LogP) is 0.953. The van der Waals surface area contributed by atoms with E-state index in [0.29, 0.717) is 18.1 Å². The molecule has 1 aromatic heterocycles. The zero-order valence-corrected chi connectivity index (χ0v) is 9.30. The number of nitriles is 1. The molecule has 0 aliphatic heterocycles. The van der Waals surface area contributed by atoms with Crippen LogP contribution in [-0.2, 0) is 9.53 Å². The summed E-state index contributed by atoms with van der Waals surface area (Å²) in [6.07, 6.45) is 0. The lowest BCUT2D eigenvalue weighted by molar-refractivity contribution is -0.138. The topological polar surface area (TPSA) is 66.2 Å². The van der Waals surface area contributed by atoms with Gasteiger partial charge in [0.15, 0.2) is 0 Å². The molecular weight excluding hydrogens is 206 g/mol. The second-order valence-corrected chi connectivity index (χ2v) is 3.08. The van der Waals surface area contributed by atoms with E-state index in [2.05, 4.69) is 9.72 Å². The van der Waals surface area contributed by atoms with E-state index >= 15 is 0 Å². The van der Waals surface area contributed by atoms with Crippen LogP contribution in [0.2, 0.25) is 0 Å². The number of aromatic nitrogens is 1. The maximum atomic E-state index is 11.2. The third-order valence-electron chi connectivity index (χ3n) is 2.10. The van der Waals surface area contributed by atoms with Crippen molar-refractivity contribution in [3.63, 3.8) is 0 Å². The first kappa shape index (κ1) is 12.0. The normalized spacial score (nSPS) is 9.31. The van der Waals surface area contributed by atoms with E-state index in [9.17, 15) is 4.79 Å². The van der Waals surface area contributed by atoms with Crippen LogP contribution in [0.25, 0.3) is 0 Å². The maximum Gasteiger partial charge on any atom is 0.325 e. The van der Waals surface area contributed by atoms with Gasteiger partial charge in [0.2, 0.25) is 0 Å². The number of rotatable bonds is 4. The average Bonchev–Trinajstić information content (AvgIpc) is 2.35. The number of likely N-dealkylation sites (N-methyl/N-ethyl adjacent to an activating group) is 1. The molecule has 5 nitrogen and oxygen atoms in total. The van der Waals surface area contributed by atoms with Crippen LogP contribution in [0.4, 0.5) is 5.82 Å². The molecule has 16 heavy (non-hydrogen) atoms. The number of ether oxygens (including phenoxy) is 1. The molecule has 0 radical (unpaired) electrons. The molecular formula is C11H13N3O2. The van der Waals surface area contributed by atoms with Gasteiger partial charge in [-0.2, -0.15) is 5.26 Å². The van der Waals surface area contributed by atoms with Crippen molar-refractivity contribution < 1.29 is 9.53 Å². The van der Waals surface area contributed by atoms with Crippen molar-refractivity contribution in [1.82, 2.24) is 4.98 Å². The molecule has 1 rings (SSSR count). The zero-order valence-electron chi connectivity index (χ0n) is 9.30. The lowest BCUT2D eigenvalue weighted by Crippen LogP contribution is -2.31. The molecule has 0 aliphatic rings. The molecule has 84 valence electrons. The van der Waals surface area contributed by atoms with E-state index in [-0.39, 0.29) is 12.5 Å². The average molecular weight is 219 g/mol. The lowest BCUT2D eigenvalue weighted by atomic mass is 10.3. The van der Waals surface area contributed by atoms with E-state index in [1.54, 1.807) is 23.1 Å². The highest BCUT2D eigenvalue weighted by atomic mass is 16.5. The summed E-state index contributed by atoms with van der Waals surface area (Å²) in [5, 5.41) is 8.72. The fourth-order valence-corrected chi connectivity index (χ4v) is 1.24. The van der Waals surface area contributed by atoms with Crippen molar-refractivity contribution in [2.45, 2.75) is 6.92 Å². The Morgan fingerprint density at radius 3 is 2.94 bits per heavy atom. The van der Waals surface area contributed by atoms with Gasteiger partial charge < -0.3 is 9.64 Å². The second-order valence-electron chi connectivity index (χ2n) is 3.08. The Bertz CT molecular complexity index is 412. The van der Waals surface area contributed by atoms with Crippen LogP contribution in [0, 0.1) is 11.3 Å². The van der Waals surface area contributed by atoms with Crippen LogP contribution < -0.4 is 4.90 Å². The Kier molecular flexibility index (Phi) is 4.28. The van der Waals surface area contributed by atoms with Gasteiger partial charge in [0.1, 0.15) is 24.1 Å². The van der Waals surface area contributed by atoms with Crippen LogP contribution >= 0.6 is 0 Å². The van der Waals surface area contributed by atoms with Gasteiger partial charge in [-0.3, -0.25) is 4.79 Å². The van der Waals surface area contributed by atoms with Crippen molar-refractivity contribution in [2.24, 2.45) is 0 Å². The van der Waals surface area contributed by atoms with Gasteiger partial charge in [0, 0.05) is 6.54 Å². The molecule has 1 heterocycles. The minimum Gasteiger partial charge on any atom is -0.468 e. The molecule has 0 unspecified atom stereocenters. The Balaban J connectivity index is 2.86. The zero-order chi connectivity index (χ0) is 12.0. The Labute approximate surface area is 94.3 Å². The molecule has 0 N–H and O–H groups in total. The first-order valence-corrected chi connectivity index (χ1v) is 4.90. The van der Waals surface area contributed by atoms with E-state index in [1.807, 2.05) is 13.0 Å². The van der Waals surface area contributed by atoms with Gasteiger partial charge in [-0.1, -0.05) is 6.07 Å². The Morgan fingerprint density at radius 2 is 2.38 bits per heavy atom. The molecule has 0 aromatic carbocycles. The molecule has 0 saturated carbocycles. The van der Waals surface area contributed by atoms with Crippen LogP contribution in [0.5, 0.6) is 0 Å². The highest BCUT2D eigenvalue weighted by molar-refractivity contribution is 5.75. The van der Waals surface area contributed by atoms with Crippen LogP contribution in [-0.4, -0.2) is 31.2 Å². The third kappa shape index (κ3) is 2.95. The maximum absolute atomic E-state index is 11.2. The van der Waals surface area contributed by atoms with Gasteiger partial charge >= 0.3 is 5.97 Å². The molecule has 0 spiro atoms. The van der Waals surface area contributed by atoms with Crippen molar-refractivity contribution in [2.75, 3.05) is 25.1 Å². The monoisotopic (exact) mass is 219 g/mol. The summed E-state index contributed by atoms with van der Waals surface area (Å²) in [5.74, 6) is 0.276. The number of hydrogen-bond acceptors (Lipinski definition) is 5. The second kappa shape index (κ2) is 5.71. The molecule has 1 aromatic rings. The summed E-state index contributed by atoms with van der Waals surface area (Å²) in [6, 6.07) is 7.07. The van der Waals surface area contributed by atoms with Gasteiger partial charge in [0.05, 0.1) is 7.11 Å². The van der Waals surface area contributed by atoms with E-state index in [1.165, 1.54) is 7.11 Å². The molecule has 0 fully saturated rings. The smallest absolute Gasteiger partial charge is 0.325 e. The van der Waals surface area contributed by atoms with Gasteiger partial charge in [-0.25, -0.2) is 4.98 Å². The van der Waals surface area contributed by atoms with Crippen molar-refractivity contribution >= 4 is 11.8 Å². The summed E-state index contributed by atoms with van der Waals surface area (Å²) in [5.41, 5.74) is 0.334. The summed E-state index contributed by atoms with van der Waals surface area (Å²) in [6.45, 7) is 2.66. The van der Waals surface area contributed by atoms with Crippen LogP contribution in [0.15, 0.2) is 18.2 Å². The Morgan fingerprint density at radius 1 is 1.62 bits per heavy atom. The summed E-state index contributed by atoms with van der Waals surface area (Å²) in [7, 11) is 1.34. The summed E-state index contributed by atoms with van der Waals surface area (Å²) >= 11 is 0. The van der Waals surface area contributed by atoms with Crippen molar-refractivity contribution in [3.05, 3.63) is 23.9 Å². The molecule has 0 aliphatic carbocycles. The van der Waals surface area contributed by atoms with E-state index in [0.717, 1.165) is 0 Å². The molecule has 0 amide bonds. The van der Waals surface area contributed by atoms with Crippen molar-refractivity contribution in [3.8, 4) is 6.07 Å². The molecule has 5 heteroatoms. The predicted molar refractivity (Wildman–Crippen MR) is 58.9 cm³/mol.